The zero-order chi connectivity index (χ0) is 17.1. The number of hydrogen-bond donors (Lipinski definition) is 0. The quantitative estimate of drug-likeness (QED) is 0.565. The van der Waals surface area contributed by atoms with Gasteiger partial charge in [0.15, 0.2) is 6.29 Å². The van der Waals surface area contributed by atoms with E-state index in [-0.39, 0.29) is 12.5 Å². The van der Waals surface area contributed by atoms with Gasteiger partial charge in [0.25, 0.3) is 0 Å². The van der Waals surface area contributed by atoms with Crippen LogP contribution in [-0.4, -0.2) is 24.1 Å². The minimum Gasteiger partial charge on any atom is -0.465 e. The lowest BCUT2D eigenvalue weighted by Gasteiger charge is -2.18. The number of rotatable bonds is 7. The van der Waals surface area contributed by atoms with Gasteiger partial charge in [0.2, 0.25) is 0 Å². The molecule has 128 valence electrons. The molecule has 0 aliphatic heterocycles. The highest BCUT2D eigenvalue weighted by Crippen LogP contribution is 2.34. The van der Waals surface area contributed by atoms with Gasteiger partial charge < -0.3 is 18.8 Å². The van der Waals surface area contributed by atoms with Crippen LogP contribution in [0, 0.1) is 0 Å². The summed E-state index contributed by atoms with van der Waals surface area (Å²) in [6, 6.07) is 14.6. The number of benzene rings is 2. The average Bonchev–Trinajstić information content (AvgIpc) is 2.89. The molecular formula is C20H25NO3. The highest BCUT2D eigenvalue weighted by atomic mass is 16.7. The normalized spacial score (nSPS) is 14.2. The van der Waals surface area contributed by atoms with Crippen molar-refractivity contribution in [2.45, 2.75) is 40.2 Å². The van der Waals surface area contributed by atoms with Gasteiger partial charge in [0.1, 0.15) is 12.0 Å². The van der Waals surface area contributed by atoms with Crippen molar-refractivity contribution in [3.05, 3.63) is 42.5 Å². The Hall–Kier alpha value is -2.04. The molecule has 4 heteroatoms. The number of fused-ring (bicyclic) bond motifs is 3. The van der Waals surface area contributed by atoms with Crippen LogP contribution in [0.15, 0.2) is 42.5 Å². The second kappa shape index (κ2) is 7.24. The molecule has 0 aliphatic carbocycles. The lowest BCUT2D eigenvalue weighted by Crippen LogP contribution is -2.16. The first-order valence-electron chi connectivity index (χ1n) is 8.58. The Morgan fingerprint density at radius 2 is 1.58 bits per heavy atom. The molecule has 2 atom stereocenters. The summed E-state index contributed by atoms with van der Waals surface area (Å²) in [7, 11) is 0. The van der Waals surface area contributed by atoms with E-state index < -0.39 is 0 Å². The first-order valence-corrected chi connectivity index (χ1v) is 8.58. The lowest BCUT2D eigenvalue weighted by atomic mass is 10.1. The maximum atomic E-state index is 5.88. The Bertz CT molecular complexity index is 824. The van der Waals surface area contributed by atoms with Crippen LogP contribution < -0.4 is 4.74 Å². The van der Waals surface area contributed by atoms with Gasteiger partial charge in [-0.2, -0.15) is 0 Å². The summed E-state index contributed by atoms with van der Waals surface area (Å²) < 4.78 is 19.4. The van der Waals surface area contributed by atoms with E-state index in [4.69, 9.17) is 14.2 Å². The van der Waals surface area contributed by atoms with Crippen molar-refractivity contribution < 1.29 is 14.2 Å². The van der Waals surface area contributed by atoms with E-state index in [0.29, 0.717) is 13.2 Å². The van der Waals surface area contributed by atoms with Crippen LogP contribution in [0.3, 0.4) is 0 Å². The van der Waals surface area contributed by atoms with Gasteiger partial charge in [0, 0.05) is 30.1 Å². The first kappa shape index (κ1) is 16.8. The van der Waals surface area contributed by atoms with Gasteiger partial charge in [-0.15, -0.1) is 0 Å². The van der Waals surface area contributed by atoms with Crippen molar-refractivity contribution in [2.24, 2.45) is 0 Å². The molecule has 0 N–H and O–H groups in total. The summed E-state index contributed by atoms with van der Waals surface area (Å²) in [4.78, 5) is 0. The average molecular weight is 327 g/mol. The molecule has 1 aromatic heterocycles. The van der Waals surface area contributed by atoms with E-state index in [0.717, 1.165) is 11.3 Å². The fourth-order valence-corrected chi connectivity index (χ4v) is 3.22. The molecule has 3 rings (SSSR count). The molecule has 1 heterocycles. The highest BCUT2D eigenvalue weighted by molar-refractivity contribution is 6.08. The molecule has 2 unspecified atom stereocenters. The van der Waals surface area contributed by atoms with Gasteiger partial charge in [0.05, 0.1) is 11.0 Å². The summed E-state index contributed by atoms with van der Waals surface area (Å²) in [5, 5.41) is 2.43. The van der Waals surface area contributed by atoms with Crippen LogP contribution in [-0.2, 0) is 9.47 Å². The summed E-state index contributed by atoms with van der Waals surface area (Å²) in [6.45, 7) is 9.27. The van der Waals surface area contributed by atoms with Crippen LogP contribution in [0.5, 0.6) is 5.75 Å². The van der Waals surface area contributed by atoms with Gasteiger partial charge >= 0.3 is 0 Å². The van der Waals surface area contributed by atoms with Gasteiger partial charge in [-0.3, -0.25) is 0 Å². The molecule has 0 radical (unpaired) electrons. The Balaban J connectivity index is 2.12. The van der Waals surface area contributed by atoms with Crippen molar-refractivity contribution in [1.82, 2.24) is 4.57 Å². The summed E-state index contributed by atoms with van der Waals surface area (Å²) in [5.41, 5.74) is 2.28. The van der Waals surface area contributed by atoms with E-state index in [2.05, 4.69) is 47.9 Å². The maximum Gasteiger partial charge on any atom is 0.196 e. The molecule has 0 bridgehead atoms. The largest absolute Gasteiger partial charge is 0.465 e. The Morgan fingerprint density at radius 3 is 2.33 bits per heavy atom. The molecular weight excluding hydrogens is 302 g/mol. The maximum absolute atomic E-state index is 5.88. The number of hydrogen-bond acceptors (Lipinski definition) is 3. The third-order valence-electron chi connectivity index (χ3n) is 4.16. The zero-order valence-corrected chi connectivity index (χ0v) is 14.8. The molecule has 24 heavy (non-hydrogen) atoms. The van der Waals surface area contributed by atoms with Crippen LogP contribution in [0.25, 0.3) is 21.8 Å². The molecule has 0 amide bonds. The van der Waals surface area contributed by atoms with E-state index in [1.54, 1.807) is 0 Å². The van der Waals surface area contributed by atoms with Gasteiger partial charge in [-0.25, -0.2) is 0 Å². The van der Waals surface area contributed by atoms with Crippen LogP contribution >= 0.6 is 0 Å². The number of ether oxygens (including phenoxy) is 3. The predicted octanol–water partition coefficient (Wildman–Crippen LogP) is 5.11. The Kier molecular flexibility index (Phi) is 5.07. The second-order valence-electron chi connectivity index (χ2n) is 5.76. The van der Waals surface area contributed by atoms with Crippen LogP contribution in [0.1, 0.15) is 33.9 Å². The minimum atomic E-state index is -0.269. The predicted molar refractivity (Wildman–Crippen MR) is 97.5 cm³/mol. The smallest absolute Gasteiger partial charge is 0.196 e. The zero-order valence-electron chi connectivity index (χ0n) is 14.8. The molecule has 0 saturated heterocycles. The minimum absolute atomic E-state index is 0.0445. The lowest BCUT2D eigenvalue weighted by molar-refractivity contribution is -0.0612. The second-order valence-corrected chi connectivity index (χ2v) is 5.76. The van der Waals surface area contributed by atoms with Crippen molar-refractivity contribution in [3.63, 3.8) is 0 Å². The molecule has 0 spiro atoms. The third-order valence-corrected chi connectivity index (χ3v) is 4.16. The van der Waals surface area contributed by atoms with Crippen LogP contribution in [0.4, 0.5) is 0 Å². The third kappa shape index (κ3) is 3.12. The van der Waals surface area contributed by atoms with Crippen molar-refractivity contribution >= 4 is 21.8 Å². The highest BCUT2D eigenvalue weighted by Gasteiger charge is 2.16. The van der Waals surface area contributed by atoms with E-state index in [1.165, 1.54) is 16.3 Å². The molecule has 2 aromatic carbocycles. The van der Waals surface area contributed by atoms with E-state index in [1.807, 2.05) is 26.8 Å². The summed E-state index contributed by atoms with van der Waals surface area (Å²) in [5.74, 6) is 0.802. The van der Waals surface area contributed by atoms with E-state index >= 15 is 0 Å². The van der Waals surface area contributed by atoms with E-state index in [9.17, 15) is 0 Å². The molecule has 0 fully saturated rings. The van der Waals surface area contributed by atoms with Crippen LogP contribution in [0.2, 0.25) is 0 Å². The standard InChI is InChI=1S/C20H25NO3/c1-5-22-14(3)21-19-10-8-7-9-17(19)18-12-11-16(13-20(18)21)24-15(4)23-6-2/h7-15H,5-6H2,1-4H3. The van der Waals surface area contributed by atoms with Crippen molar-refractivity contribution in [3.8, 4) is 5.75 Å². The topological polar surface area (TPSA) is 32.6 Å². The van der Waals surface area contributed by atoms with Gasteiger partial charge in [-0.05, 0) is 45.9 Å². The molecule has 0 saturated carbocycles. The molecule has 4 nitrogen and oxygen atoms in total. The number of aromatic nitrogens is 1. The van der Waals surface area contributed by atoms with Gasteiger partial charge in [-0.1, -0.05) is 18.2 Å². The Morgan fingerprint density at radius 1 is 0.875 bits per heavy atom. The Labute approximate surface area is 142 Å². The monoisotopic (exact) mass is 327 g/mol. The fraction of sp³-hybridized carbons (Fsp3) is 0.400. The first-order chi connectivity index (χ1) is 11.7. The molecule has 3 aromatic rings. The number of para-hydroxylation sites is 1. The SMILES string of the molecule is CCOC(C)Oc1ccc2c3ccccc3n(C(C)OCC)c2c1. The summed E-state index contributed by atoms with van der Waals surface area (Å²) >= 11 is 0. The van der Waals surface area contributed by atoms with Crippen molar-refractivity contribution in [2.75, 3.05) is 13.2 Å². The summed E-state index contributed by atoms with van der Waals surface area (Å²) in [6.07, 6.45) is -0.313. The number of nitrogens with zero attached hydrogens (tertiary/aromatic N) is 1. The molecule has 0 aliphatic rings. The fourth-order valence-electron chi connectivity index (χ4n) is 3.22. The van der Waals surface area contributed by atoms with Crippen molar-refractivity contribution in [1.29, 1.82) is 0 Å².